The lowest BCUT2D eigenvalue weighted by Gasteiger charge is -2.03. The zero-order valence-electron chi connectivity index (χ0n) is 16.1. The highest BCUT2D eigenvalue weighted by Gasteiger charge is 2.17. The van der Waals surface area contributed by atoms with Gasteiger partial charge in [-0.3, -0.25) is 9.48 Å². The van der Waals surface area contributed by atoms with E-state index in [1.807, 2.05) is 48.5 Å². The van der Waals surface area contributed by atoms with Gasteiger partial charge in [0.1, 0.15) is 0 Å². The van der Waals surface area contributed by atoms with Gasteiger partial charge in [0.15, 0.2) is 12.3 Å². The molecule has 0 radical (unpaired) electrons. The summed E-state index contributed by atoms with van der Waals surface area (Å²) in [4.78, 5) is 28.0. The van der Waals surface area contributed by atoms with Crippen LogP contribution in [0.3, 0.4) is 0 Å². The van der Waals surface area contributed by atoms with Crippen molar-refractivity contribution in [3.05, 3.63) is 89.4 Å². The molecule has 0 aliphatic carbocycles. The third-order valence-corrected chi connectivity index (χ3v) is 4.85. The Labute approximate surface area is 168 Å². The summed E-state index contributed by atoms with van der Waals surface area (Å²) in [6.07, 6.45) is 4.26. The third kappa shape index (κ3) is 3.96. The minimum absolute atomic E-state index is 0.181. The maximum Gasteiger partial charge on any atom is 0.359 e. The molecule has 2 aromatic heterocycles. The van der Waals surface area contributed by atoms with Gasteiger partial charge < -0.3 is 9.72 Å². The molecule has 0 bridgehead atoms. The van der Waals surface area contributed by atoms with Gasteiger partial charge in [-0.05, 0) is 23.6 Å². The summed E-state index contributed by atoms with van der Waals surface area (Å²) in [6, 6.07) is 17.3. The second-order valence-electron chi connectivity index (χ2n) is 6.78. The number of ether oxygens (including phenoxy) is 1. The summed E-state index contributed by atoms with van der Waals surface area (Å²) in [6.45, 7) is 2.30. The van der Waals surface area contributed by atoms with E-state index < -0.39 is 5.97 Å². The molecular weight excluding hydrogens is 366 g/mol. The van der Waals surface area contributed by atoms with Crippen LogP contribution in [0.4, 0.5) is 0 Å². The summed E-state index contributed by atoms with van der Waals surface area (Å²) < 4.78 is 6.87. The molecule has 2 heterocycles. The van der Waals surface area contributed by atoms with Gasteiger partial charge in [-0.25, -0.2) is 4.79 Å². The number of carbonyl (C=O) groups is 2. The molecule has 2 aromatic carbocycles. The number of aromatic nitrogens is 3. The van der Waals surface area contributed by atoms with Crippen LogP contribution in [0.15, 0.2) is 67.0 Å². The van der Waals surface area contributed by atoms with Crippen molar-refractivity contribution in [2.75, 3.05) is 6.61 Å². The van der Waals surface area contributed by atoms with E-state index in [4.69, 9.17) is 4.74 Å². The van der Waals surface area contributed by atoms with Crippen LogP contribution in [-0.2, 0) is 17.7 Å². The Kier molecular flexibility index (Phi) is 5.24. The molecule has 29 heavy (non-hydrogen) atoms. The molecule has 146 valence electrons. The van der Waals surface area contributed by atoms with E-state index >= 15 is 0 Å². The number of rotatable bonds is 7. The summed E-state index contributed by atoms with van der Waals surface area (Å²) in [5, 5.41) is 5.09. The SMILES string of the molecule is CCc1cccc2c(C(=O)COC(=O)c3ccn(Cc4ccccc4)n3)c[nH]c12. The van der Waals surface area contributed by atoms with Crippen LogP contribution in [0, 0.1) is 0 Å². The fourth-order valence-corrected chi connectivity index (χ4v) is 3.35. The van der Waals surface area contributed by atoms with Crippen molar-refractivity contribution in [3.63, 3.8) is 0 Å². The van der Waals surface area contributed by atoms with Gasteiger partial charge in [0.05, 0.1) is 6.54 Å². The number of carbonyl (C=O) groups excluding carboxylic acids is 2. The zero-order chi connectivity index (χ0) is 20.2. The normalized spacial score (nSPS) is 10.9. The number of hydrogen-bond donors (Lipinski definition) is 1. The molecule has 0 aliphatic rings. The van der Waals surface area contributed by atoms with Gasteiger partial charge in [0, 0.05) is 28.9 Å². The van der Waals surface area contributed by atoms with E-state index in [9.17, 15) is 9.59 Å². The maximum absolute atomic E-state index is 12.6. The lowest BCUT2D eigenvalue weighted by Crippen LogP contribution is -2.15. The van der Waals surface area contributed by atoms with Crippen molar-refractivity contribution in [3.8, 4) is 0 Å². The van der Waals surface area contributed by atoms with Gasteiger partial charge >= 0.3 is 5.97 Å². The fourth-order valence-electron chi connectivity index (χ4n) is 3.35. The van der Waals surface area contributed by atoms with Crippen molar-refractivity contribution in [1.29, 1.82) is 0 Å². The van der Waals surface area contributed by atoms with Gasteiger partial charge in [0.2, 0.25) is 5.78 Å². The van der Waals surface area contributed by atoms with Crippen molar-refractivity contribution in [2.24, 2.45) is 0 Å². The Morgan fingerprint density at radius 2 is 1.90 bits per heavy atom. The van der Waals surface area contributed by atoms with Gasteiger partial charge in [-0.1, -0.05) is 55.5 Å². The molecule has 4 rings (SSSR count). The number of H-pyrrole nitrogens is 1. The number of nitrogens with zero attached hydrogens (tertiary/aromatic N) is 2. The zero-order valence-corrected chi connectivity index (χ0v) is 16.1. The van der Waals surface area contributed by atoms with E-state index in [1.165, 1.54) is 0 Å². The number of Topliss-reactive ketones (excluding diaryl/α,β-unsaturated/α-hetero) is 1. The van der Waals surface area contributed by atoms with Crippen LogP contribution >= 0.6 is 0 Å². The summed E-state index contributed by atoms with van der Waals surface area (Å²) >= 11 is 0. The molecule has 0 saturated carbocycles. The van der Waals surface area contributed by atoms with Crippen LogP contribution in [0.2, 0.25) is 0 Å². The van der Waals surface area contributed by atoms with Crippen molar-refractivity contribution in [2.45, 2.75) is 19.9 Å². The van der Waals surface area contributed by atoms with E-state index in [1.54, 1.807) is 23.1 Å². The molecular formula is C23H21N3O3. The predicted molar refractivity (Wildman–Crippen MR) is 110 cm³/mol. The van der Waals surface area contributed by atoms with Crippen LogP contribution in [0.5, 0.6) is 0 Å². The fraction of sp³-hybridized carbons (Fsp3) is 0.174. The van der Waals surface area contributed by atoms with E-state index in [2.05, 4.69) is 17.0 Å². The maximum atomic E-state index is 12.6. The molecule has 0 amide bonds. The minimum atomic E-state index is -0.612. The second kappa shape index (κ2) is 8.14. The average molecular weight is 387 g/mol. The molecule has 0 aliphatic heterocycles. The quantitative estimate of drug-likeness (QED) is 0.384. The van der Waals surface area contributed by atoms with E-state index in [-0.39, 0.29) is 18.1 Å². The number of aromatic amines is 1. The number of benzene rings is 2. The third-order valence-electron chi connectivity index (χ3n) is 4.85. The van der Waals surface area contributed by atoms with Gasteiger partial charge in [0.25, 0.3) is 0 Å². The predicted octanol–water partition coefficient (Wildman–Crippen LogP) is 4.01. The largest absolute Gasteiger partial charge is 0.453 e. The molecule has 0 saturated heterocycles. The standard InChI is InChI=1S/C23H21N3O3/c1-2-17-9-6-10-18-19(13-24-22(17)18)21(27)15-29-23(28)20-11-12-26(25-20)14-16-7-4-3-5-8-16/h3-13,24H,2,14-15H2,1H3. The van der Waals surface area contributed by atoms with Crippen molar-refractivity contribution < 1.29 is 14.3 Å². The molecule has 6 nitrogen and oxygen atoms in total. The number of nitrogens with one attached hydrogen (secondary N) is 1. The topological polar surface area (TPSA) is 77.0 Å². The number of aryl methyl sites for hydroxylation is 1. The number of ketones is 1. The van der Waals surface area contributed by atoms with Crippen LogP contribution in [-0.4, -0.2) is 33.1 Å². The second-order valence-corrected chi connectivity index (χ2v) is 6.78. The molecule has 4 aromatic rings. The number of esters is 1. The lowest BCUT2D eigenvalue weighted by molar-refractivity contribution is 0.0468. The van der Waals surface area contributed by atoms with Crippen molar-refractivity contribution in [1.82, 2.24) is 14.8 Å². The van der Waals surface area contributed by atoms with E-state index in [0.717, 1.165) is 28.5 Å². The highest BCUT2D eigenvalue weighted by atomic mass is 16.5. The first-order valence-electron chi connectivity index (χ1n) is 9.52. The molecule has 0 atom stereocenters. The molecule has 0 spiro atoms. The van der Waals surface area contributed by atoms with Crippen LogP contribution < -0.4 is 0 Å². The summed E-state index contributed by atoms with van der Waals surface area (Å²) in [5.74, 6) is -0.860. The monoisotopic (exact) mass is 387 g/mol. The van der Waals surface area contributed by atoms with Crippen LogP contribution in [0.1, 0.15) is 38.9 Å². The number of fused-ring (bicyclic) bond motifs is 1. The Hall–Kier alpha value is -3.67. The Bertz CT molecular complexity index is 1160. The molecule has 0 unspecified atom stereocenters. The number of hydrogen-bond acceptors (Lipinski definition) is 4. The first kappa shape index (κ1) is 18.7. The van der Waals surface area contributed by atoms with Crippen LogP contribution in [0.25, 0.3) is 10.9 Å². The lowest BCUT2D eigenvalue weighted by atomic mass is 10.1. The first-order chi connectivity index (χ1) is 14.2. The highest BCUT2D eigenvalue weighted by Crippen LogP contribution is 2.22. The van der Waals surface area contributed by atoms with Gasteiger partial charge in [-0.2, -0.15) is 5.10 Å². The smallest absolute Gasteiger partial charge is 0.359 e. The Morgan fingerprint density at radius 1 is 1.07 bits per heavy atom. The number of para-hydroxylation sites is 1. The molecule has 1 N–H and O–H groups in total. The molecule has 0 fully saturated rings. The first-order valence-corrected chi connectivity index (χ1v) is 9.52. The van der Waals surface area contributed by atoms with Crippen molar-refractivity contribution >= 4 is 22.7 Å². The highest BCUT2D eigenvalue weighted by molar-refractivity contribution is 6.09. The Morgan fingerprint density at radius 3 is 2.69 bits per heavy atom. The molecule has 6 heteroatoms. The Balaban J connectivity index is 1.40. The minimum Gasteiger partial charge on any atom is -0.453 e. The van der Waals surface area contributed by atoms with E-state index in [0.29, 0.717) is 12.1 Å². The average Bonchev–Trinajstić information content (AvgIpc) is 3.39. The van der Waals surface area contributed by atoms with Gasteiger partial charge in [-0.15, -0.1) is 0 Å². The summed E-state index contributed by atoms with van der Waals surface area (Å²) in [5.41, 5.74) is 3.88. The summed E-state index contributed by atoms with van der Waals surface area (Å²) in [7, 11) is 0.